The molecule has 0 heterocycles. The Morgan fingerprint density at radius 1 is 1.45 bits per heavy atom. The average molecular weight is 151 g/mol. The van der Waals surface area contributed by atoms with E-state index in [4.69, 9.17) is 0 Å². The first-order valence-electron chi connectivity index (χ1n) is 3.92. The molecule has 0 aromatic rings. The van der Waals surface area contributed by atoms with E-state index in [1.165, 1.54) is 0 Å². The zero-order chi connectivity index (χ0) is 8.69. The minimum Gasteiger partial charge on any atom is -0.383 e. The molecule has 1 nitrogen and oxygen atoms in total. The third-order valence-electron chi connectivity index (χ3n) is 1.18. The second kappa shape index (κ2) is 5.78. The van der Waals surface area contributed by atoms with E-state index in [9.17, 15) is 0 Å². The fourth-order valence-electron chi connectivity index (χ4n) is 0.733. The highest BCUT2D eigenvalue weighted by molar-refractivity contribution is 5.19. The van der Waals surface area contributed by atoms with Gasteiger partial charge >= 0.3 is 0 Å². The van der Waals surface area contributed by atoms with Gasteiger partial charge in [0.15, 0.2) is 0 Å². The van der Waals surface area contributed by atoms with Gasteiger partial charge in [0.05, 0.1) is 0 Å². The van der Waals surface area contributed by atoms with Crippen LogP contribution >= 0.6 is 0 Å². The van der Waals surface area contributed by atoms with Crippen LogP contribution in [0, 0.1) is 0 Å². The van der Waals surface area contributed by atoms with Crippen molar-refractivity contribution in [3.8, 4) is 0 Å². The first-order chi connectivity index (χ1) is 5.20. The molecule has 11 heavy (non-hydrogen) atoms. The molecule has 0 bridgehead atoms. The lowest BCUT2D eigenvalue weighted by atomic mass is 10.3. The molecule has 0 spiro atoms. The lowest BCUT2D eigenvalue weighted by Crippen LogP contribution is -2.20. The van der Waals surface area contributed by atoms with Crippen LogP contribution in [0.4, 0.5) is 0 Å². The van der Waals surface area contributed by atoms with Gasteiger partial charge in [-0.2, -0.15) is 0 Å². The van der Waals surface area contributed by atoms with Crippen molar-refractivity contribution in [1.29, 1.82) is 0 Å². The summed E-state index contributed by atoms with van der Waals surface area (Å²) in [5.74, 6) is 0. The Bertz CT molecular complexity index is 164. The van der Waals surface area contributed by atoms with E-state index < -0.39 is 0 Å². The maximum Gasteiger partial charge on any atom is 0.0298 e. The number of hydrogen-bond donors (Lipinski definition) is 1. The monoisotopic (exact) mass is 151 g/mol. The number of allylic oxidation sites excluding steroid dienone is 4. The summed E-state index contributed by atoms with van der Waals surface area (Å²) >= 11 is 0. The summed E-state index contributed by atoms with van der Waals surface area (Å²) in [7, 11) is 0. The van der Waals surface area contributed by atoms with Gasteiger partial charge in [-0.25, -0.2) is 0 Å². The van der Waals surface area contributed by atoms with Gasteiger partial charge in [0.1, 0.15) is 0 Å². The van der Waals surface area contributed by atoms with Crippen LogP contribution in [0.2, 0.25) is 0 Å². The summed E-state index contributed by atoms with van der Waals surface area (Å²) in [4.78, 5) is 0. The van der Waals surface area contributed by atoms with Crippen LogP contribution in [0.15, 0.2) is 36.6 Å². The molecule has 1 heteroatoms. The van der Waals surface area contributed by atoms with Crippen molar-refractivity contribution in [3.05, 3.63) is 36.6 Å². The summed E-state index contributed by atoms with van der Waals surface area (Å²) in [5.41, 5.74) is 1.14. The number of rotatable bonds is 4. The van der Waals surface area contributed by atoms with Crippen LogP contribution < -0.4 is 5.32 Å². The lowest BCUT2D eigenvalue weighted by Gasteiger charge is -2.09. The highest BCUT2D eigenvalue weighted by atomic mass is 14.9. The second-order valence-electron chi connectivity index (χ2n) is 2.64. The van der Waals surface area contributed by atoms with Crippen molar-refractivity contribution in [2.24, 2.45) is 0 Å². The summed E-state index contributed by atoms with van der Waals surface area (Å²) < 4.78 is 0. The van der Waals surface area contributed by atoms with E-state index >= 15 is 0 Å². The summed E-state index contributed by atoms with van der Waals surface area (Å²) in [6, 6.07) is 0.482. The van der Waals surface area contributed by atoms with Crippen LogP contribution in [-0.4, -0.2) is 6.04 Å². The van der Waals surface area contributed by atoms with E-state index in [2.05, 4.69) is 25.7 Å². The quantitative estimate of drug-likeness (QED) is 0.609. The van der Waals surface area contributed by atoms with Gasteiger partial charge < -0.3 is 5.32 Å². The standard InChI is InChI=1S/C10H17N/c1-5-7-8-10(6-2)11-9(3)4/h5-9,11H,1H2,2-4H3/b8-7-,10-6+. The normalized spacial score (nSPS) is 12.5. The topological polar surface area (TPSA) is 12.0 Å². The molecule has 0 aromatic heterocycles. The van der Waals surface area contributed by atoms with Crippen LogP contribution in [0.5, 0.6) is 0 Å². The number of nitrogens with one attached hydrogen (secondary N) is 1. The molecule has 0 radical (unpaired) electrons. The van der Waals surface area contributed by atoms with E-state index in [1.807, 2.05) is 25.2 Å². The molecule has 62 valence electrons. The van der Waals surface area contributed by atoms with Crippen molar-refractivity contribution in [2.45, 2.75) is 26.8 Å². The molecule has 0 rings (SSSR count). The highest BCUT2D eigenvalue weighted by Gasteiger charge is 1.91. The second-order valence-corrected chi connectivity index (χ2v) is 2.64. The zero-order valence-corrected chi connectivity index (χ0v) is 7.59. The largest absolute Gasteiger partial charge is 0.383 e. The Morgan fingerprint density at radius 2 is 2.09 bits per heavy atom. The third kappa shape index (κ3) is 5.46. The zero-order valence-electron chi connectivity index (χ0n) is 7.59. The van der Waals surface area contributed by atoms with Gasteiger partial charge in [-0.05, 0) is 26.8 Å². The molecular formula is C10H17N. The van der Waals surface area contributed by atoms with Crippen molar-refractivity contribution < 1.29 is 0 Å². The van der Waals surface area contributed by atoms with Gasteiger partial charge in [-0.1, -0.05) is 24.8 Å². The molecule has 0 aliphatic carbocycles. The minimum absolute atomic E-state index is 0.482. The van der Waals surface area contributed by atoms with Gasteiger partial charge in [-0.15, -0.1) is 0 Å². The Hall–Kier alpha value is -0.980. The van der Waals surface area contributed by atoms with Crippen molar-refractivity contribution in [1.82, 2.24) is 5.32 Å². The molecule has 1 N–H and O–H groups in total. The van der Waals surface area contributed by atoms with Crippen molar-refractivity contribution in [2.75, 3.05) is 0 Å². The van der Waals surface area contributed by atoms with Crippen LogP contribution in [0.1, 0.15) is 20.8 Å². The van der Waals surface area contributed by atoms with Gasteiger partial charge in [-0.3, -0.25) is 0 Å². The molecule has 0 aliphatic rings. The van der Waals surface area contributed by atoms with Crippen LogP contribution in [0.25, 0.3) is 0 Å². The number of hydrogen-bond acceptors (Lipinski definition) is 1. The molecule has 0 unspecified atom stereocenters. The van der Waals surface area contributed by atoms with Gasteiger partial charge in [0, 0.05) is 11.7 Å². The maximum atomic E-state index is 3.60. The molecule has 0 atom stereocenters. The SMILES string of the molecule is C=C/C=C\C(=C/C)NC(C)C. The fourth-order valence-corrected chi connectivity index (χ4v) is 0.733. The van der Waals surface area contributed by atoms with Crippen LogP contribution in [0.3, 0.4) is 0 Å². The summed E-state index contributed by atoms with van der Waals surface area (Å²) in [6.07, 6.45) is 7.74. The Labute approximate surface area is 69.5 Å². The van der Waals surface area contributed by atoms with E-state index in [-0.39, 0.29) is 0 Å². The predicted molar refractivity (Wildman–Crippen MR) is 51.4 cm³/mol. The predicted octanol–water partition coefficient (Wildman–Crippen LogP) is 2.63. The van der Waals surface area contributed by atoms with Crippen molar-refractivity contribution >= 4 is 0 Å². The Balaban J connectivity index is 3.98. The Kier molecular flexibility index (Phi) is 5.26. The minimum atomic E-state index is 0.482. The molecular weight excluding hydrogens is 134 g/mol. The smallest absolute Gasteiger partial charge is 0.0298 e. The molecule has 0 fully saturated rings. The van der Waals surface area contributed by atoms with Crippen LogP contribution in [-0.2, 0) is 0 Å². The average Bonchev–Trinajstić information content (AvgIpc) is 1.97. The first-order valence-corrected chi connectivity index (χ1v) is 3.92. The van der Waals surface area contributed by atoms with Gasteiger partial charge in [0.25, 0.3) is 0 Å². The third-order valence-corrected chi connectivity index (χ3v) is 1.18. The first kappa shape index (κ1) is 10.0. The van der Waals surface area contributed by atoms with E-state index in [0.717, 1.165) is 5.70 Å². The summed E-state index contributed by atoms with van der Waals surface area (Å²) in [5, 5.41) is 3.29. The molecule has 0 aliphatic heterocycles. The van der Waals surface area contributed by atoms with Gasteiger partial charge in [0.2, 0.25) is 0 Å². The Morgan fingerprint density at radius 3 is 2.45 bits per heavy atom. The highest BCUT2D eigenvalue weighted by Crippen LogP contribution is 1.94. The van der Waals surface area contributed by atoms with E-state index in [0.29, 0.717) is 6.04 Å². The molecule has 0 amide bonds. The molecule has 0 aromatic carbocycles. The van der Waals surface area contributed by atoms with E-state index in [1.54, 1.807) is 6.08 Å². The molecule has 0 saturated carbocycles. The summed E-state index contributed by atoms with van der Waals surface area (Å²) in [6.45, 7) is 9.85. The van der Waals surface area contributed by atoms with Crippen molar-refractivity contribution in [3.63, 3.8) is 0 Å². The molecule has 0 saturated heterocycles. The fraction of sp³-hybridized carbons (Fsp3) is 0.400. The lowest BCUT2D eigenvalue weighted by molar-refractivity contribution is 0.680. The maximum absolute atomic E-state index is 3.60.